The summed E-state index contributed by atoms with van der Waals surface area (Å²) in [6, 6.07) is 0. The van der Waals surface area contributed by atoms with E-state index in [0.717, 1.165) is 12.8 Å². The van der Waals surface area contributed by atoms with E-state index in [1.54, 1.807) is 6.92 Å². The average Bonchev–Trinajstić information content (AvgIpc) is 2.65. The van der Waals surface area contributed by atoms with Crippen molar-refractivity contribution in [1.82, 2.24) is 0 Å². The van der Waals surface area contributed by atoms with Crippen LogP contribution in [0.3, 0.4) is 0 Å². The lowest BCUT2D eigenvalue weighted by Gasteiger charge is -2.25. The Balaban J connectivity index is 2.60. The summed E-state index contributed by atoms with van der Waals surface area (Å²) in [5.74, 6) is -2.66. The molecule has 1 fully saturated rings. The van der Waals surface area contributed by atoms with E-state index in [9.17, 15) is 18.0 Å². The van der Waals surface area contributed by atoms with Crippen LogP contribution >= 0.6 is 0 Å². The van der Waals surface area contributed by atoms with Crippen molar-refractivity contribution in [3.05, 3.63) is 0 Å². The largest absolute Gasteiger partial charge is 0.466 e. The summed E-state index contributed by atoms with van der Waals surface area (Å²) in [5.41, 5.74) is 0. The summed E-state index contributed by atoms with van der Waals surface area (Å²) in [7, 11) is 0. The van der Waals surface area contributed by atoms with Crippen LogP contribution in [-0.4, -0.2) is 18.8 Å². The Labute approximate surface area is 93.2 Å². The highest BCUT2D eigenvalue weighted by Gasteiger charge is 2.46. The van der Waals surface area contributed by atoms with Crippen molar-refractivity contribution >= 4 is 5.97 Å². The fourth-order valence-electron chi connectivity index (χ4n) is 2.31. The summed E-state index contributed by atoms with van der Waals surface area (Å²) < 4.78 is 42.9. The summed E-state index contributed by atoms with van der Waals surface area (Å²) in [6.45, 7) is 1.73. The van der Waals surface area contributed by atoms with Gasteiger partial charge >= 0.3 is 12.1 Å². The van der Waals surface area contributed by atoms with Gasteiger partial charge in [-0.1, -0.05) is 12.8 Å². The van der Waals surface area contributed by atoms with E-state index < -0.39 is 30.4 Å². The first-order chi connectivity index (χ1) is 7.45. The summed E-state index contributed by atoms with van der Waals surface area (Å²) in [6.07, 6.45) is -2.00. The van der Waals surface area contributed by atoms with Crippen LogP contribution in [-0.2, 0) is 9.53 Å². The SMILES string of the molecule is CCOC(=O)CC(C1CCCC1)C(F)(F)F. The van der Waals surface area contributed by atoms with E-state index in [1.807, 2.05) is 0 Å². The maximum atomic E-state index is 12.8. The van der Waals surface area contributed by atoms with Crippen molar-refractivity contribution in [3.63, 3.8) is 0 Å². The van der Waals surface area contributed by atoms with E-state index in [1.165, 1.54) is 0 Å². The molecule has 16 heavy (non-hydrogen) atoms. The second-order valence-electron chi connectivity index (χ2n) is 4.20. The first-order valence-electron chi connectivity index (χ1n) is 5.67. The Hall–Kier alpha value is -0.740. The molecule has 0 aromatic rings. The summed E-state index contributed by atoms with van der Waals surface area (Å²) >= 11 is 0. The van der Waals surface area contributed by atoms with Crippen LogP contribution in [0.5, 0.6) is 0 Å². The fourth-order valence-corrected chi connectivity index (χ4v) is 2.31. The maximum Gasteiger partial charge on any atom is 0.392 e. The number of halogens is 3. The van der Waals surface area contributed by atoms with Crippen molar-refractivity contribution in [3.8, 4) is 0 Å². The van der Waals surface area contributed by atoms with Gasteiger partial charge in [-0.25, -0.2) is 0 Å². The standard InChI is InChI=1S/C11H17F3O2/c1-2-16-10(15)7-9(11(12,13)14)8-5-3-4-6-8/h8-9H,2-7H2,1H3. The van der Waals surface area contributed by atoms with E-state index in [4.69, 9.17) is 0 Å². The molecule has 0 saturated heterocycles. The molecule has 2 nitrogen and oxygen atoms in total. The number of rotatable bonds is 4. The fraction of sp³-hybridized carbons (Fsp3) is 0.909. The molecule has 0 bridgehead atoms. The Kier molecular flexibility index (Phi) is 4.62. The van der Waals surface area contributed by atoms with Gasteiger partial charge < -0.3 is 4.74 Å². The lowest BCUT2D eigenvalue weighted by atomic mass is 9.87. The van der Waals surface area contributed by atoms with Crippen LogP contribution in [0.25, 0.3) is 0 Å². The van der Waals surface area contributed by atoms with Gasteiger partial charge in [-0.15, -0.1) is 0 Å². The van der Waals surface area contributed by atoms with Crippen LogP contribution in [0.2, 0.25) is 0 Å². The van der Waals surface area contributed by atoms with Crippen molar-refractivity contribution in [2.45, 2.75) is 45.2 Å². The molecule has 0 aromatic carbocycles. The molecule has 0 spiro atoms. The van der Waals surface area contributed by atoms with Crippen LogP contribution in [0, 0.1) is 11.8 Å². The van der Waals surface area contributed by atoms with Crippen molar-refractivity contribution in [2.75, 3.05) is 6.61 Å². The minimum Gasteiger partial charge on any atom is -0.466 e. The molecular weight excluding hydrogens is 221 g/mol. The number of hydrogen-bond donors (Lipinski definition) is 0. The molecule has 1 unspecified atom stereocenters. The lowest BCUT2D eigenvalue weighted by molar-refractivity contribution is -0.196. The van der Waals surface area contributed by atoms with E-state index >= 15 is 0 Å². The Bertz CT molecular complexity index is 232. The number of esters is 1. The quantitative estimate of drug-likeness (QED) is 0.702. The van der Waals surface area contributed by atoms with E-state index in [2.05, 4.69) is 4.74 Å². The Morgan fingerprint density at radius 1 is 1.38 bits per heavy atom. The Morgan fingerprint density at radius 2 is 1.94 bits per heavy atom. The topological polar surface area (TPSA) is 26.3 Å². The highest BCUT2D eigenvalue weighted by molar-refractivity contribution is 5.69. The Morgan fingerprint density at radius 3 is 2.38 bits per heavy atom. The zero-order valence-electron chi connectivity index (χ0n) is 9.35. The monoisotopic (exact) mass is 238 g/mol. The molecular formula is C11H17F3O2. The van der Waals surface area contributed by atoms with Crippen LogP contribution in [0.15, 0.2) is 0 Å². The van der Waals surface area contributed by atoms with E-state index in [0.29, 0.717) is 12.8 Å². The molecule has 0 heterocycles. The molecule has 0 aromatic heterocycles. The zero-order chi connectivity index (χ0) is 12.2. The number of carbonyl (C=O) groups is 1. The van der Waals surface area contributed by atoms with Crippen molar-refractivity contribution in [1.29, 1.82) is 0 Å². The molecule has 94 valence electrons. The summed E-state index contributed by atoms with van der Waals surface area (Å²) in [5, 5.41) is 0. The molecule has 0 N–H and O–H groups in total. The van der Waals surface area contributed by atoms with E-state index in [-0.39, 0.29) is 6.61 Å². The lowest BCUT2D eigenvalue weighted by Crippen LogP contribution is -2.31. The van der Waals surface area contributed by atoms with Gasteiger partial charge in [0.05, 0.1) is 18.9 Å². The predicted octanol–water partition coefficient (Wildman–Crippen LogP) is 3.31. The van der Waals surface area contributed by atoms with Gasteiger partial charge in [-0.05, 0) is 25.7 Å². The van der Waals surface area contributed by atoms with Crippen molar-refractivity contribution in [2.24, 2.45) is 11.8 Å². The molecule has 1 aliphatic carbocycles. The van der Waals surface area contributed by atoms with Gasteiger partial charge in [0.15, 0.2) is 0 Å². The molecule has 0 radical (unpaired) electrons. The number of alkyl halides is 3. The average molecular weight is 238 g/mol. The predicted molar refractivity (Wildman–Crippen MR) is 52.8 cm³/mol. The van der Waals surface area contributed by atoms with Gasteiger partial charge in [0.1, 0.15) is 0 Å². The number of hydrogen-bond acceptors (Lipinski definition) is 2. The maximum absolute atomic E-state index is 12.8. The van der Waals surface area contributed by atoms with Crippen LogP contribution in [0.4, 0.5) is 13.2 Å². The van der Waals surface area contributed by atoms with Gasteiger partial charge in [0, 0.05) is 0 Å². The first kappa shape index (κ1) is 13.3. The highest BCUT2D eigenvalue weighted by Crippen LogP contribution is 2.42. The third kappa shape index (κ3) is 3.68. The molecule has 1 aliphatic rings. The molecule has 1 saturated carbocycles. The molecule has 1 rings (SSSR count). The minimum atomic E-state index is -4.29. The van der Waals surface area contributed by atoms with Gasteiger partial charge in [-0.3, -0.25) is 4.79 Å². The second-order valence-corrected chi connectivity index (χ2v) is 4.20. The van der Waals surface area contributed by atoms with Gasteiger partial charge in [0.25, 0.3) is 0 Å². The third-order valence-electron chi connectivity index (χ3n) is 3.08. The normalized spacial score (nSPS) is 19.8. The van der Waals surface area contributed by atoms with Gasteiger partial charge in [0.2, 0.25) is 0 Å². The molecule has 0 amide bonds. The van der Waals surface area contributed by atoms with Crippen LogP contribution in [0.1, 0.15) is 39.0 Å². The van der Waals surface area contributed by atoms with Crippen molar-refractivity contribution < 1.29 is 22.7 Å². The second kappa shape index (κ2) is 5.55. The highest BCUT2D eigenvalue weighted by atomic mass is 19.4. The molecule has 1 atom stereocenters. The summed E-state index contributed by atoms with van der Waals surface area (Å²) in [4.78, 5) is 11.1. The number of ether oxygens (including phenoxy) is 1. The first-order valence-corrected chi connectivity index (χ1v) is 5.67. The molecule has 0 aliphatic heterocycles. The zero-order valence-corrected chi connectivity index (χ0v) is 9.35. The smallest absolute Gasteiger partial charge is 0.392 e. The molecule has 5 heteroatoms. The minimum absolute atomic E-state index is 0.133. The number of carbonyl (C=O) groups excluding carboxylic acids is 1. The third-order valence-corrected chi connectivity index (χ3v) is 3.08. The van der Waals surface area contributed by atoms with Crippen LogP contribution < -0.4 is 0 Å². The van der Waals surface area contributed by atoms with Gasteiger partial charge in [-0.2, -0.15) is 13.2 Å².